The standard InChI is InChI=1S/C22H17N3O/c1-2-18(26)12-15-7-6-10-17(11-15)21-20-19(16-8-4-3-5-9-16)13-23-22(20)25-14-24-21/h2-11,13-14H,1,12H2,(H,23,24,25). The third kappa shape index (κ3) is 2.93. The Balaban J connectivity index is 1.87. The Hall–Kier alpha value is -3.53. The van der Waals surface area contributed by atoms with E-state index in [-0.39, 0.29) is 5.78 Å². The minimum Gasteiger partial charge on any atom is -0.345 e. The van der Waals surface area contributed by atoms with Crippen molar-refractivity contribution >= 4 is 16.8 Å². The van der Waals surface area contributed by atoms with Gasteiger partial charge >= 0.3 is 0 Å². The van der Waals surface area contributed by atoms with Gasteiger partial charge in [0.05, 0.1) is 11.1 Å². The van der Waals surface area contributed by atoms with Crippen LogP contribution in [0.2, 0.25) is 0 Å². The van der Waals surface area contributed by atoms with E-state index in [4.69, 9.17) is 0 Å². The number of benzene rings is 2. The molecule has 2 aromatic carbocycles. The van der Waals surface area contributed by atoms with Crippen molar-refractivity contribution in [1.29, 1.82) is 0 Å². The van der Waals surface area contributed by atoms with Gasteiger partial charge in [-0.1, -0.05) is 55.1 Å². The molecule has 0 radical (unpaired) electrons. The second-order valence-corrected chi connectivity index (χ2v) is 6.06. The van der Waals surface area contributed by atoms with Crippen molar-refractivity contribution in [3.05, 3.63) is 85.3 Å². The lowest BCUT2D eigenvalue weighted by molar-refractivity contribution is -0.114. The predicted octanol–water partition coefficient (Wildman–Crippen LogP) is 4.59. The van der Waals surface area contributed by atoms with Crippen molar-refractivity contribution in [3.8, 4) is 22.4 Å². The summed E-state index contributed by atoms with van der Waals surface area (Å²) >= 11 is 0. The van der Waals surface area contributed by atoms with Gasteiger partial charge in [-0.05, 0) is 23.3 Å². The topological polar surface area (TPSA) is 58.6 Å². The van der Waals surface area contributed by atoms with Crippen LogP contribution in [0.15, 0.2) is 79.8 Å². The first-order valence-electron chi connectivity index (χ1n) is 8.38. The molecule has 2 heterocycles. The molecule has 0 fully saturated rings. The number of rotatable bonds is 5. The number of ketones is 1. The smallest absolute Gasteiger partial charge is 0.159 e. The summed E-state index contributed by atoms with van der Waals surface area (Å²) in [6.07, 6.45) is 5.22. The Bertz CT molecular complexity index is 1100. The van der Waals surface area contributed by atoms with E-state index in [2.05, 4.69) is 33.7 Å². The molecule has 0 aliphatic heterocycles. The molecular weight excluding hydrogens is 322 g/mol. The van der Waals surface area contributed by atoms with Gasteiger partial charge in [-0.25, -0.2) is 9.97 Å². The summed E-state index contributed by atoms with van der Waals surface area (Å²) in [6, 6.07) is 18.1. The molecule has 0 saturated carbocycles. The molecule has 0 aliphatic carbocycles. The number of hydrogen-bond donors (Lipinski definition) is 1. The lowest BCUT2D eigenvalue weighted by Gasteiger charge is -2.07. The Morgan fingerprint density at radius 1 is 1.04 bits per heavy atom. The summed E-state index contributed by atoms with van der Waals surface area (Å²) in [5, 5.41) is 0.978. The monoisotopic (exact) mass is 339 g/mol. The molecule has 1 N–H and O–H groups in total. The van der Waals surface area contributed by atoms with E-state index in [0.717, 1.165) is 39.0 Å². The summed E-state index contributed by atoms with van der Waals surface area (Å²) in [7, 11) is 0. The summed E-state index contributed by atoms with van der Waals surface area (Å²) in [6.45, 7) is 3.54. The van der Waals surface area contributed by atoms with E-state index in [1.54, 1.807) is 6.33 Å². The van der Waals surface area contributed by atoms with Gasteiger partial charge in [-0.2, -0.15) is 0 Å². The molecule has 0 aliphatic rings. The van der Waals surface area contributed by atoms with Crippen LogP contribution >= 0.6 is 0 Å². The van der Waals surface area contributed by atoms with Crippen LogP contribution in [0, 0.1) is 0 Å². The third-order valence-corrected chi connectivity index (χ3v) is 4.36. The molecular formula is C22H17N3O. The second kappa shape index (κ2) is 6.76. The van der Waals surface area contributed by atoms with Crippen LogP contribution in [-0.4, -0.2) is 20.7 Å². The summed E-state index contributed by atoms with van der Waals surface area (Å²) < 4.78 is 0. The Kier molecular flexibility index (Phi) is 4.15. The largest absolute Gasteiger partial charge is 0.345 e. The number of aromatic nitrogens is 3. The van der Waals surface area contributed by atoms with E-state index in [9.17, 15) is 4.79 Å². The molecule has 0 saturated heterocycles. The molecule has 0 atom stereocenters. The van der Waals surface area contributed by atoms with Gasteiger partial charge in [0.1, 0.15) is 12.0 Å². The quantitative estimate of drug-likeness (QED) is 0.541. The summed E-state index contributed by atoms with van der Waals surface area (Å²) in [5.41, 5.74) is 5.71. The number of carbonyl (C=O) groups is 1. The van der Waals surface area contributed by atoms with Gasteiger partial charge in [0.15, 0.2) is 5.78 Å². The number of carbonyl (C=O) groups excluding carboxylic acids is 1. The van der Waals surface area contributed by atoms with Crippen LogP contribution in [0.4, 0.5) is 0 Å². The highest BCUT2D eigenvalue weighted by Crippen LogP contribution is 2.34. The molecule has 4 heteroatoms. The number of H-pyrrole nitrogens is 1. The highest BCUT2D eigenvalue weighted by molar-refractivity contribution is 6.02. The molecule has 26 heavy (non-hydrogen) atoms. The van der Waals surface area contributed by atoms with Gasteiger partial charge in [-0.15, -0.1) is 0 Å². The van der Waals surface area contributed by atoms with Crippen molar-refractivity contribution in [2.24, 2.45) is 0 Å². The van der Waals surface area contributed by atoms with Crippen molar-refractivity contribution < 1.29 is 4.79 Å². The molecule has 0 unspecified atom stereocenters. The SMILES string of the molecule is C=CC(=O)Cc1cccc(-c2ncnc3[nH]cc(-c4ccccc4)c23)c1. The Morgan fingerprint density at radius 3 is 2.65 bits per heavy atom. The molecule has 126 valence electrons. The summed E-state index contributed by atoms with van der Waals surface area (Å²) in [4.78, 5) is 23.8. The average molecular weight is 339 g/mol. The zero-order valence-corrected chi connectivity index (χ0v) is 14.1. The minimum absolute atomic E-state index is 0.00148. The Morgan fingerprint density at radius 2 is 1.85 bits per heavy atom. The normalized spacial score (nSPS) is 10.8. The number of fused-ring (bicyclic) bond motifs is 1. The fraction of sp³-hybridized carbons (Fsp3) is 0.0455. The van der Waals surface area contributed by atoms with E-state index in [1.165, 1.54) is 6.08 Å². The maximum absolute atomic E-state index is 11.7. The third-order valence-electron chi connectivity index (χ3n) is 4.36. The lowest BCUT2D eigenvalue weighted by Crippen LogP contribution is -1.98. The van der Waals surface area contributed by atoms with Gasteiger partial charge in [0, 0.05) is 23.7 Å². The number of allylic oxidation sites excluding steroid dienone is 1. The number of nitrogens with one attached hydrogen (secondary N) is 1. The maximum Gasteiger partial charge on any atom is 0.159 e. The van der Waals surface area contributed by atoms with Crippen molar-refractivity contribution in [1.82, 2.24) is 15.0 Å². The fourth-order valence-electron chi connectivity index (χ4n) is 3.13. The van der Waals surface area contributed by atoms with Crippen molar-refractivity contribution in [3.63, 3.8) is 0 Å². The highest BCUT2D eigenvalue weighted by Gasteiger charge is 2.14. The first kappa shape index (κ1) is 16.0. The average Bonchev–Trinajstić information content (AvgIpc) is 3.13. The first-order valence-corrected chi connectivity index (χ1v) is 8.38. The van der Waals surface area contributed by atoms with E-state index >= 15 is 0 Å². The maximum atomic E-state index is 11.7. The van der Waals surface area contributed by atoms with Crippen molar-refractivity contribution in [2.45, 2.75) is 6.42 Å². The predicted molar refractivity (Wildman–Crippen MR) is 104 cm³/mol. The lowest BCUT2D eigenvalue weighted by atomic mass is 9.99. The van der Waals surface area contributed by atoms with Crippen LogP contribution in [0.3, 0.4) is 0 Å². The molecule has 0 bridgehead atoms. The van der Waals surface area contributed by atoms with Gasteiger partial charge in [-0.3, -0.25) is 4.79 Å². The second-order valence-electron chi connectivity index (χ2n) is 6.06. The van der Waals surface area contributed by atoms with E-state index in [0.29, 0.717) is 6.42 Å². The number of aromatic amines is 1. The molecule has 4 nitrogen and oxygen atoms in total. The van der Waals surface area contributed by atoms with Crippen LogP contribution in [0.1, 0.15) is 5.56 Å². The zero-order chi connectivity index (χ0) is 17.9. The zero-order valence-electron chi connectivity index (χ0n) is 14.1. The fourth-order valence-corrected chi connectivity index (χ4v) is 3.13. The number of nitrogens with zero attached hydrogens (tertiary/aromatic N) is 2. The van der Waals surface area contributed by atoms with Crippen LogP contribution < -0.4 is 0 Å². The van der Waals surface area contributed by atoms with Crippen molar-refractivity contribution in [2.75, 3.05) is 0 Å². The molecule has 4 aromatic rings. The van der Waals surface area contributed by atoms with Crippen LogP contribution in [0.25, 0.3) is 33.4 Å². The highest BCUT2D eigenvalue weighted by atomic mass is 16.1. The molecule has 0 amide bonds. The van der Waals surface area contributed by atoms with E-state index in [1.807, 2.05) is 48.7 Å². The first-order chi connectivity index (χ1) is 12.8. The number of hydrogen-bond acceptors (Lipinski definition) is 3. The van der Waals surface area contributed by atoms with Crippen LogP contribution in [0.5, 0.6) is 0 Å². The minimum atomic E-state index is 0.00148. The van der Waals surface area contributed by atoms with Crippen LogP contribution in [-0.2, 0) is 11.2 Å². The van der Waals surface area contributed by atoms with E-state index < -0.39 is 0 Å². The molecule has 0 spiro atoms. The van der Waals surface area contributed by atoms with Gasteiger partial charge in [0.25, 0.3) is 0 Å². The molecule has 2 aromatic heterocycles. The Labute approximate surface area is 151 Å². The van der Waals surface area contributed by atoms with Gasteiger partial charge in [0.2, 0.25) is 0 Å². The van der Waals surface area contributed by atoms with Gasteiger partial charge < -0.3 is 4.98 Å². The molecule has 4 rings (SSSR count). The summed E-state index contributed by atoms with van der Waals surface area (Å²) in [5.74, 6) is 0.00148.